The lowest BCUT2D eigenvalue weighted by atomic mass is 10.2. The first-order valence-corrected chi connectivity index (χ1v) is 7.62. The van der Waals surface area contributed by atoms with E-state index in [0.29, 0.717) is 5.69 Å². The fraction of sp³-hybridized carbons (Fsp3) is 0.0667. The van der Waals surface area contributed by atoms with Gasteiger partial charge in [0.05, 0.1) is 27.5 Å². The first kappa shape index (κ1) is 16.3. The fourth-order valence-corrected chi connectivity index (χ4v) is 2.63. The molecule has 12 heteroatoms. The van der Waals surface area contributed by atoms with E-state index in [0.717, 1.165) is 17.7 Å². The average molecular weight is 366 g/mol. The Morgan fingerprint density at radius 2 is 1.70 bits per heavy atom. The van der Waals surface area contributed by atoms with Gasteiger partial charge in [-0.05, 0) is 29.5 Å². The zero-order valence-electron chi connectivity index (χ0n) is 13.7. The number of nitro groups is 2. The second-order valence-corrected chi connectivity index (χ2v) is 5.71. The number of benzene rings is 2. The van der Waals surface area contributed by atoms with Crippen LogP contribution in [0.2, 0.25) is 0 Å². The van der Waals surface area contributed by atoms with Crippen LogP contribution >= 0.6 is 0 Å². The Morgan fingerprint density at radius 3 is 2.37 bits per heavy atom. The molecule has 0 atom stereocenters. The number of tetrazole rings is 1. The number of nitro benzene ring substituents is 2. The summed E-state index contributed by atoms with van der Waals surface area (Å²) >= 11 is 0. The zero-order chi connectivity index (χ0) is 19.1. The second-order valence-electron chi connectivity index (χ2n) is 5.71. The van der Waals surface area contributed by atoms with Gasteiger partial charge >= 0.3 is 11.4 Å². The monoisotopic (exact) mass is 366 g/mol. The zero-order valence-corrected chi connectivity index (χ0v) is 13.7. The van der Waals surface area contributed by atoms with E-state index in [2.05, 4.69) is 25.8 Å². The third kappa shape index (κ3) is 2.74. The molecule has 0 saturated heterocycles. The molecule has 0 unspecified atom stereocenters. The molecule has 0 aliphatic carbocycles. The van der Waals surface area contributed by atoms with E-state index in [9.17, 15) is 20.2 Å². The predicted octanol–water partition coefficient (Wildman–Crippen LogP) is 2.54. The van der Waals surface area contributed by atoms with Gasteiger partial charge in [-0.15, -0.1) is 5.10 Å². The van der Waals surface area contributed by atoms with E-state index < -0.39 is 21.2 Å². The highest BCUT2D eigenvalue weighted by Gasteiger charge is 2.27. The minimum atomic E-state index is -0.827. The van der Waals surface area contributed by atoms with Gasteiger partial charge in [-0.3, -0.25) is 20.2 Å². The van der Waals surface area contributed by atoms with Gasteiger partial charge < -0.3 is 5.32 Å². The van der Waals surface area contributed by atoms with Crippen molar-refractivity contribution in [3.8, 4) is 0 Å². The molecule has 27 heavy (non-hydrogen) atoms. The predicted molar refractivity (Wildman–Crippen MR) is 93.9 cm³/mol. The molecule has 0 fully saturated rings. The minimum absolute atomic E-state index is 0.140. The van der Waals surface area contributed by atoms with Crippen molar-refractivity contribution >= 4 is 39.6 Å². The molecule has 2 aromatic heterocycles. The molecule has 0 amide bonds. The van der Waals surface area contributed by atoms with Gasteiger partial charge in [-0.2, -0.15) is 4.52 Å². The van der Waals surface area contributed by atoms with Crippen LogP contribution in [-0.2, 0) is 0 Å². The van der Waals surface area contributed by atoms with Crippen LogP contribution in [0.25, 0.3) is 16.7 Å². The molecule has 2 heterocycles. The maximum Gasteiger partial charge on any atom is 0.348 e. The van der Waals surface area contributed by atoms with Crippen LogP contribution in [0.5, 0.6) is 0 Å². The summed E-state index contributed by atoms with van der Waals surface area (Å²) in [5.41, 5.74) is 1.02. The number of hydrogen-bond acceptors (Lipinski definition) is 9. The number of hydrogen-bond donors (Lipinski definition) is 1. The van der Waals surface area contributed by atoms with Crippen LogP contribution < -0.4 is 5.32 Å². The summed E-state index contributed by atoms with van der Waals surface area (Å²) in [6.07, 6.45) is 0. The molecule has 0 aliphatic heterocycles. The molecule has 0 aliphatic rings. The molecule has 1 N–H and O–H groups in total. The Kier molecular flexibility index (Phi) is 3.58. The molecular weight excluding hydrogens is 356 g/mol. The SMILES string of the molecule is Cc1ccc(Nc2nc3cc([N+](=O)[O-])c([N+](=O)[O-])cc3n3nnnc23)cc1. The highest BCUT2D eigenvalue weighted by Crippen LogP contribution is 2.32. The van der Waals surface area contributed by atoms with Gasteiger partial charge in [-0.1, -0.05) is 17.7 Å². The number of nitrogens with one attached hydrogen (secondary N) is 1. The molecule has 0 bridgehead atoms. The number of fused-ring (bicyclic) bond motifs is 3. The molecule has 2 aromatic carbocycles. The largest absolute Gasteiger partial charge is 0.348 e. The molecule has 0 radical (unpaired) electrons. The molecule has 4 rings (SSSR count). The van der Waals surface area contributed by atoms with Crippen molar-refractivity contribution in [2.24, 2.45) is 0 Å². The van der Waals surface area contributed by atoms with Crippen LogP contribution in [0.1, 0.15) is 5.56 Å². The first-order chi connectivity index (χ1) is 12.9. The van der Waals surface area contributed by atoms with Crippen LogP contribution in [0.4, 0.5) is 22.9 Å². The van der Waals surface area contributed by atoms with Gasteiger partial charge in [-0.25, -0.2) is 4.98 Å². The van der Waals surface area contributed by atoms with E-state index >= 15 is 0 Å². The van der Waals surface area contributed by atoms with Crippen molar-refractivity contribution in [3.05, 3.63) is 62.2 Å². The molecule has 0 saturated carbocycles. The van der Waals surface area contributed by atoms with Crippen molar-refractivity contribution in [2.45, 2.75) is 6.92 Å². The smallest absolute Gasteiger partial charge is 0.337 e. The van der Waals surface area contributed by atoms with Gasteiger partial charge in [0.25, 0.3) is 0 Å². The lowest BCUT2D eigenvalue weighted by molar-refractivity contribution is -0.422. The van der Waals surface area contributed by atoms with E-state index in [1.807, 2.05) is 31.2 Å². The molecule has 4 aromatic rings. The number of rotatable bonds is 4. The maximum atomic E-state index is 11.2. The van der Waals surface area contributed by atoms with Crippen molar-refractivity contribution in [2.75, 3.05) is 5.32 Å². The molecule has 0 spiro atoms. The number of aromatic nitrogens is 5. The van der Waals surface area contributed by atoms with Crippen LogP contribution in [0, 0.1) is 27.2 Å². The Morgan fingerprint density at radius 1 is 1.04 bits per heavy atom. The number of anilines is 2. The standard InChI is InChI=1S/C15H10N8O4/c1-8-2-4-9(5-3-8)16-14-15-18-19-20-21(15)11-7-13(23(26)27)12(22(24)25)6-10(11)17-14/h2-7H,1H3,(H,16,17). The number of nitrogens with zero attached hydrogens (tertiary/aromatic N) is 7. The van der Waals surface area contributed by atoms with Crippen molar-refractivity contribution in [1.82, 2.24) is 25.0 Å². The van der Waals surface area contributed by atoms with E-state index in [-0.39, 0.29) is 22.5 Å². The maximum absolute atomic E-state index is 11.2. The summed E-state index contributed by atoms with van der Waals surface area (Å²) < 4.78 is 1.25. The minimum Gasteiger partial charge on any atom is -0.337 e. The van der Waals surface area contributed by atoms with Crippen molar-refractivity contribution < 1.29 is 9.85 Å². The van der Waals surface area contributed by atoms with Crippen molar-refractivity contribution in [1.29, 1.82) is 0 Å². The quantitative estimate of drug-likeness (QED) is 0.423. The molecule has 12 nitrogen and oxygen atoms in total. The van der Waals surface area contributed by atoms with Crippen molar-refractivity contribution in [3.63, 3.8) is 0 Å². The van der Waals surface area contributed by atoms with Gasteiger partial charge in [0, 0.05) is 5.69 Å². The molecule has 134 valence electrons. The Labute approximate surface area is 149 Å². The third-order valence-electron chi connectivity index (χ3n) is 3.92. The van der Waals surface area contributed by atoms with Crippen LogP contribution in [0.3, 0.4) is 0 Å². The molecular formula is C15H10N8O4. The summed E-state index contributed by atoms with van der Waals surface area (Å²) in [5, 5.41) is 36.7. The summed E-state index contributed by atoms with van der Waals surface area (Å²) in [7, 11) is 0. The highest BCUT2D eigenvalue weighted by molar-refractivity contribution is 5.88. The summed E-state index contributed by atoms with van der Waals surface area (Å²) in [4.78, 5) is 25.1. The Hall–Kier alpha value is -4.22. The average Bonchev–Trinajstić information content (AvgIpc) is 3.13. The van der Waals surface area contributed by atoms with E-state index in [4.69, 9.17) is 0 Å². The van der Waals surface area contributed by atoms with Crippen LogP contribution in [0.15, 0.2) is 36.4 Å². The van der Waals surface area contributed by atoms with E-state index in [1.165, 1.54) is 4.52 Å². The van der Waals surface area contributed by atoms with Gasteiger partial charge in [0.15, 0.2) is 5.82 Å². The lowest BCUT2D eigenvalue weighted by Crippen LogP contribution is -2.03. The topological polar surface area (TPSA) is 154 Å². The number of aryl methyl sites for hydroxylation is 1. The fourth-order valence-electron chi connectivity index (χ4n) is 2.63. The second kappa shape index (κ2) is 5.94. The third-order valence-corrected chi connectivity index (χ3v) is 3.92. The van der Waals surface area contributed by atoms with Gasteiger partial charge in [0.2, 0.25) is 5.65 Å². The van der Waals surface area contributed by atoms with E-state index in [1.54, 1.807) is 0 Å². The lowest BCUT2D eigenvalue weighted by Gasteiger charge is -2.08. The summed E-state index contributed by atoms with van der Waals surface area (Å²) in [5.74, 6) is 0.263. The van der Waals surface area contributed by atoms with Crippen LogP contribution in [-0.4, -0.2) is 34.9 Å². The summed E-state index contributed by atoms with van der Waals surface area (Å²) in [6.45, 7) is 1.95. The first-order valence-electron chi connectivity index (χ1n) is 7.62. The highest BCUT2D eigenvalue weighted by atomic mass is 16.6. The normalized spacial score (nSPS) is 11.0. The van der Waals surface area contributed by atoms with Gasteiger partial charge in [0.1, 0.15) is 5.52 Å². The Bertz CT molecular complexity index is 1220. The Balaban J connectivity index is 1.96. The summed E-state index contributed by atoms with van der Waals surface area (Å²) in [6, 6.07) is 9.54.